The van der Waals surface area contributed by atoms with Gasteiger partial charge in [0.2, 0.25) is 0 Å². The van der Waals surface area contributed by atoms with Crippen molar-refractivity contribution in [3.8, 4) is 0 Å². The maximum Gasteiger partial charge on any atom is 0.127 e. The molecule has 0 saturated heterocycles. The van der Waals surface area contributed by atoms with Gasteiger partial charge in [-0.15, -0.1) is 11.3 Å². The van der Waals surface area contributed by atoms with Gasteiger partial charge in [-0.3, -0.25) is 0 Å². The lowest BCUT2D eigenvalue weighted by molar-refractivity contribution is -0.111. The van der Waals surface area contributed by atoms with E-state index < -0.39 is 0 Å². The van der Waals surface area contributed by atoms with Gasteiger partial charge in [0.05, 0.1) is 0 Å². The van der Waals surface area contributed by atoms with Crippen molar-refractivity contribution < 1.29 is 4.79 Å². The Morgan fingerprint density at radius 3 is 3.33 bits per heavy atom. The number of nitrogens with zero attached hydrogens (tertiary/aromatic N) is 2. The number of carbonyl (C=O) groups excluding carboxylic acids is 1. The number of hydrogen-bond donors (Lipinski definition) is 0. The monoisotopic (exact) mass is 218 g/mol. The Kier molecular flexibility index (Phi) is 2.02. The molecule has 3 rings (SSSR count). The molecule has 0 saturated carbocycles. The molecule has 76 valence electrons. The van der Waals surface area contributed by atoms with E-state index in [1.54, 1.807) is 17.7 Å². The molecule has 2 aromatic rings. The summed E-state index contributed by atoms with van der Waals surface area (Å²) in [6.07, 6.45) is 7.41. The molecule has 3 nitrogen and oxygen atoms in total. The summed E-state index contributed by atoms with van der Waals surface area (Å²) in [5.41, 5.74) is 1.37. The highest BCUT2D eigenvalue weighted by Gasteiger charge is 2.22. The minimum absolute atomic E-state index is 0.207. The first-order chi connectivity index (χ1) is 7.38. The van der Waals surface area contributed by atoms with Gasteiger partial charge in [0.25, 0.3) is 0 Å². The van der Waals surface area contributed by atoms with E-state index in [-0.39, 0.29) is 5.92 Å². The van der Waals surface area contributed by atoms with E-state index in [1.165, 1.54) is 15.8 Å². The molecule has 1 unspecified atom stereocenters. The quantitative estimate of drug-likeness (QED) is 0.687. The van der Waals surface area contributed by atoms with Crippen LogP contribution in [-0.2, 0) is 17.6 Å². The average molecular weight is 218 g/mol. The molecule has 2 heterocycles. The number of fused-ring (bicyclic) bond motifs is 3. The van der Waals surface area contributed by atoms with Crippen LogP contribution in [0.25, 0.3) is 10.2 Å². The SMILES string of the molecule is O=CC1CCc2c(sc3ncncc23)C1. The topological polar surface area (TPSA) is 42.9 Å². The molecule has 0 bridgehead atoms. The molecule has 1 aliphatic rings. The minimum atomic E-state index is 0.207. The van der Waals surface area contributed by atoms with Gasteiger partial charge >= 0.3 is 0 Å². The fourth-order valence-corrected chi connectivity index (χ4v) is 3.41. The third kappa shape index (κ3) is 1.36. The van der Waals surface area contributed by atoms with Gasteiger partial charge < -0.3 is 4.79 Å². The molecular formula is C11H10N2OS. The summed E-state index contributed by atoms with van der Waals surface area (Å²) in [6.45, 7) is 0. The maximum absolute atomic E-state index is 10.8. The molecular weight excluding hydrogens is 208 g/mol. The van der Waals surface area contributed by atoms with Gasteiger partial charge in [0.1, 0.15) is 17.4 Å². The van der Waals surface area contributed by atoms with Crippen molar-refractivity contribution in [1.82, 2.24) is 9.97 Å². The molecule has 1 aliphatic carbocycles. The van der Waals surface area contributed by atoms with E-state index in [0.717, 1.165) is 30.4 Å². The lowest BCUT2D eigenvalue weighted by Gasteiger charge is -2.16. The zero-order valence-corrected chi connectivity index (χ0v) is 8.96. The highest BCUT2D eigenvalue weighted by atomic mass is 32.1. The van der Waals surface area contributed by atoms with Gasteiger partial charge in [-0.25, -0.2) is 9.97 Å². The van der Waals surface area contributed by atoms with E-state index in [1.807, 2.05) is 6.20 Å². The standard InChI is InChI=1S/C11H10N2OS/c14-5-7-1-2-8-9-4-12-6-13-11(9)15-10(8)3-7/h4-7H,1-3H2. The van der Waals surface area contributed by atoms with Crippen molar-refractivity contribution in [2.45, 2.75) is 19.3 Å². The molecule has 2 aromatic heterocycles. The van der Waals surface area contributed by atoms with Gasteiger partial charge in [-0.05, 0) is 24.8 Å². The van der Waals surface area contributed by atoms with Crippen LogP contribution in [0.1, 0.15) is 16.9 Å². The van der Waals surface area contributed by atoms with Gasteiger partial charge in [0.15, 0.2) is 0 Å². The Bertz CT molecular complexity index is 520. The zero-order valence-electron chi connectivity index (χ0n) is 8.14. The van der Waals surface area contributed by atoms with Gasteiger partial charge in [-0.1, -0.05) is 0 Å². The van der Waals surface area contributed by atoms with E-state index in [4.69, 9.17) is 0 Å². The second kappa shape index (κ2) is 3.38. The number of thiophene rings is 1. The summed E-state index contributed by atoms with van der Waals surface area (Å²) >= 11 is 1.71. The first kappa shape index (κ1) is 8.97. The molecule has 0 radical (unpaired) electrons. The summed E-state index contributed by atoms with van der Waals surface area (Å²) in [5, 5.41) is 1.18. The van der Waals surface area contributed by atoms with Crippen LogP contribution in [0.3, 0.4) is 0 Å². The fraction of sp³-hybridized carbons (Fsp3) is 0.364. The third-order valence-electron chi connectivity index (χ3n) is 2.96. The molecule has 4 heteroatoms. The second-order valence-corrected chi connectivity index (χ2v) is 4.97. The van der Waals surface area contributed by atoms with Crippen LogP contribution < -0.4 is 0 Å². The normalized spacial score (nSPS) is 20.1. The highest BCUT2D eigenvalue weighted by molar-refractivity contribution is 7.18. The Balaban J connectivity index is 2.16. The molecule has 0 aromatic carbocycles. The molecule has 0 N–H and O–H groups in total. The predicted octanol–water partition coefficient (Wildman–Crippen LogP) is 2.00. The maximum atomic E-state index is 10.8. The molecule has 1 atom stereocenters. The van der Waals surface area contributed by atoms with Gasteiger partial charge in [0, 0.05) is 22.4 Å². The van der Waals surface area contributed by atoms with Crippen molar-refractivity contribution in [3.63, 3.8) is 0 Å². The van der Waals surface area contributed by atoms with Crippen LogP contribution >= 0.6 is 11.3 Å². The van der Waals surface area contributed by atoms with Crippen molar-refractivity contribution in [2.75, 3.05) is 0 Å². The predicted molar refractivity (Wildman–Crippen MR) is 59.0 cm³/mol. The summed E-state index contributed by atoms with van der Waals surface area (Å²) in [5.74, 6) is 0.207. The largest absolute Gasteiger partial charge is 0.303 e. The smallest absolute Gasteiger partial charge is 0.127 e. The first-order valence-electron chi connectivity index (χ1n) is 5.04. The number of aryl methyl sites for hydroxylation is 1. The van der Waals surface area contributed by atoms with Crippen LogP contribution in [0.15, 0.2) is 12.5 Å². The Labute approximate surface area is 91.2 Å². The summed E-state index contributed by atoms with van der Waals surface area (Å²) in [7, 11) is 0. The van der Waals surface area contributed by atoms with Crippen molar-refractivity contribution in [2.24, 2.45) is 5.92 Å². The Morgan fingerprint density at radius 1 is 1.53 bits per heavy atom. The summed E-state index contributed by atoms with van der Waals surface area (Å²) in [4.78, 5) is 21.5. The first-order valence-corrected chi connectivity index (χ1v) is 5.85. The zero-order chi connectivity index (χ0) is 10.3. The molecule has 0 amide bonds. The van der Waals surface area contributed by atoms with E-state index in [9.17, 15) is 4.79 Å². The lowest BCUT2D eigenvalue weighted by atomic mass is 9.89. The summed E-state index contributed by atoms with van der Waals surface area (Å²) in [6, 6.07) is 0. The summed E-state index contributed by atoms with van der Waals surface area (Å²) < 4.78 is 0. The molecule has 0 aliphatic heterocycles. The van der Waals surface area contributed by atoms with E-state index in [2.05, 4.69) is 9.97 Å². The van der Waals surface area contributed by atoms with Crippen LogP contribution in [-0.4, -0.2) is 16.3 Å². The van der Waals surface area contributed by atoms with E-state index >= 15 is 0 Å². The molecule has 0 fully saturated rings. The number of carbonyl (C=O) groups is 1. The minimum Gasteiger partial charge on any atom is -0.303 e. The van der Waals surface area contributed by atoms with E-state index in [0.29, 0.717) is 0 Å². The van der Waals surface area contributed by atoms with Crippen LogP contribution in [0.2, 0.25) is 0 Å². The number of aldehydes is 1. The Morgan fingerprint density at radius 2 is 2.47 bits per heavy atom. The highest BCUT2D eigenvalue weighted by Crippen LogP contribution is 2.36. The molecule has 0 spiro atoms. The van der Waals surface area contributed by atoms with Crippen molar-refractivity contribution in [1.29, 1.82) is 0 Å². The number of aromatic nitrogens is 2. The fourth-order valence-electron chi connectivity index (χ4n) is 2.16. The van der Waals surface area contributed by atoms with Crippen molar-refractivity contribution >= 4 is 27.8 Å². The number of rotatable bonds is 1. The van der Waals surface area contributed by atoms with Crippen LogP contribution in [0.5, 0.6) is 0 Å². The van der Waals surface area contributed by atoms with Crippen molar-refractivity contribution in [3.05, 3.63) is 23.0 Å². The van der Waals surface area contributed by atoms with Crippen LogP contribution in [0, 0.1) is 5.92 Å². The number of hydrogen-bond acceptors (Lipinski definition) is 4. The Hall–Kier alpha value is -1.29. The lowest BCUT2D eigenvalue weighted by Crippen LogP contribution is -2.13. The second-order valence-electron chi connectivity index (χ2n) is 3.88. The average Bonchev–Trinajstić information content (AvgIpc) is 2.66. The van der Waals surface area contributed by atoms with Crippen LogP contribution in [0.4, 0.5) is 0 Å². The third-order valence-corrected chi connectivity index (χ3v) is 4.14. The molecule has 15 heavy (non-hydrogen) atoms. The van der Waals surface area contributed by atoms with Gasteiger partial charge in [-0.2, -0.15) is 0 Å².